The number of rotatable bonds is 6. The Kier molecular flexibility index (Phi) is 5.65. The van der Waals surface area contributed by atoms with Crippen molar-refractivity contribution >= 4 is 23.3 Å². The molecule has 2 amide bonds. The molecule has 0 spiro atoms. The first kappa shape index (κ1) is 17.7. The molecule has 134 valence electrons. The lowest BCUT2D eigenvalue weighted by Crippen LogP contribution is -2.34. The van der Waals surface area contributed by atoms with Gasteiger partial charge in [-0.05, 0) is 36.4 Å². The highest BCUT2D eigenvalue weighted by Crippen LogP contribution is 2.17. The van der Waals surface area contributed by atoms with Gasteiger partial charge in [-0.1, -0.05) is 11.6 Å². The lowest BCUT2D eigenvalue weighted by Gasteiger charge is -2.19. The number of hydrogen-bond donors (Lipinski definition) is 1. The summed E-state index contributed by atoms with van der Waals surface area (Å²) in [6.45, 7) is 0.766. The number of nitrogens with zero attached hydrogens (tertiary/aromatic N) is 5. The number of ether oxygens (including phenoxy) is 1. The Labute approximate surface area is 155 Å². The smallest absolute Gasteiger partial charge is 0.321 e. The van der Waals surface area contributed by atoms with Crippen LogP contribution in [0.25, 0.3) is 5.82 Å². The molecule has 0 fully saturated rings. The molecule has 1 N–H and O–H groups in total. The molecule has 0 atom stereocenters. The van der Waals surface area contributed by atoms with Gasteiger partial charge in [0.1, 0.15) is 25.0 Å². The fraction of sp³-hybridized carbons (Fsp3) is 0.176. The van der Waals surface area contributed by atoms with Gasteiger partial charge in [0.05, 0.1) is 12.2 Å². The van der Waals surface area contributed by atoms with Gasteiger partial charge < -0.3 is 15.0 Å². The summed E-state index contributed by atoms with van der Waals surface area (Å²) >= 11 is 5.83. The summed E-state index contributed by atoms with van der Waals surface area (Å²) in [4.78, 5) is 22.0. The predicted molar refractivity (Wildman–Crippen MR) is 97.7 cm³/mol. The van der Waals surface area contributed by atoms with E-state index in [9.17, 15) is 4.79 Å². The van der Waals surface area contributed by atoms with Crippen LogP contribution in [0.4, 0.5) is 10.5 Å². The number of halogens is 1. The zero-order valence-corrected chi connectivity index (χ0v) is 14.8. The third-order valence-corrected chi connectivity index (χ3v) is 3.77. The summed E-state index contributed by atoms with van der Waals surface area (Å²) in [5, 5.41) is 7.50. The molecule has 0 radical (unpaired) electrons. The van der Waals surface area contributed by atoms with E-state index in [1.165, 1.54) is 22.2 Å². The fourth-order valence-corrected chi connectivity index (χ4v) is 2.26. The normalized spacial score (nSPS) is 10.4. The Bertz CT molecular complexity index is 854. The standard InChI is InChI=1S/C17H17ClN6O2/c1-23(9-10-26-14-6-4-13(18)5-7-14)17(25)22-15-3-2-8-20-16(15)24-12-19-11-21-24/h2-8,11-12H,9-10H2,1H3,(H,22,25). The Hall–Kier alpha value is -3.13. The number of likely N-dealkylation sites (N-methyl/N-ethyl adjacent to an activating group) is 1. The lowest BCUT2D eigenvalue weighted by atomic mass is 10.3. The molecule has 0 saturated carbocycles. The minimum absolute atomic E-state index is 0.279. The molecule has 0 bridgehead atoms. The summed E-state index contributed by atoms with van der Waals surface area (Å²) in [6, 6.07) is 10.3. The molecule has 0 saturated heterocycles. The van der Waals surface area contributed by atoms with Crippen molar-refractivity contribution in [1.82, 2.24) is 24.6 Å². The molecule has 1 aromatic carbocycles. The van der Waals surface area contributed by atoms with E-state index in [4.69, 9.17) is 16.3 Å². The van der Waals surface area contributed by atoms with Crippen LogP contribution < -0.4 is 10.1 Å². The van der Waals surface area contributed by atoms with Gasteiger partial charge in [-0.25, -0.2) is 19.4 Å². The fourth-order valence-electron chi connectivity index (χ4n) is 2.14. The number of anilines is 1. The number of carbonyl (C=O) groups excluding carboxylic acids is 1. The molecule has 26 heavy (non-hydrogen) atoms. The lowest BCUT2D eigenvalue weighted by molar-refractivity contribution is 0.207. The van der Waals surface area contributed by atoms with Crippen LogP contribution >= 0.6 is 11.6 Å². The van der Waals surface area contributed by atoms with Crippen LogP contribution in [0.2, 0.25) is 5.02 Å². The van der Waals surface area contributed by atoms with E-state index in [1.54, 1.807) is 49.6 Å². The summed E-state index contributed by atoms with van der Waals surface area (Å²) in [7, 11) is 1.69. The van der Waals surface area contributed by atoms with Crippen LogP contribution in [0.3, 0.4) is 0 Å². The number of pyridine rings is 1. The van der Waals surface area contributed by atoms with Crippen molar-refractivity contribution < 1.29 is 9.53 Å². The summed E-state index contributed by atoms with van der Waals surface area (Å²) < 4.78 is 7.08. The van der Waals surface area contributed by atoms with Crippen LogP contribution in [-0.2, 0) is 0 Å². The zero-order chi connectivity index (χ0) is 18.4. The number of benzene rings is 1. The maximum absolute atomic E-state index is 12.4. The first-order valence-electron chi connectivity index (χ1n) is 7.84. The van der Waals surface area contributed by atoms with Crippen molar-refractivity contribution in [2.45, 2.75) is 0 Å². The number of amides is 2. The Morgan fingerprint density at radius 3 is 2.85 bits per heavy atom. The number of aromatic nitrogens is 4. The first-order valence-corrected chi connectivity index (χ1v) is 8.22. The van der Waals surface area contributed by atoms with Gasteiger partial charge in [0.15, 0.2) is 5.82 Å². The summed E-state index contributed by atoms with van der Waals surface area (Å²) in [5.74, 6) is 1.19. The SMILES string of the molecule is CN(CCOc1ccc(Cl)cc1)C(=O)Nc1cccnc1-n1cncn1. The maximum Gasteiger partial charge on any atom is 0.321 e. The molecule has 0 aliphatic carbocycles. The van der Waals surface area contributed by atoms with Gasteiger partial charge in [-0.3, -0.25) is 0 Å². The number of nitrogens with one attached hydrogen (secondary N) is 1. The van der Waals surface area contributed by atoms with Crippen LogP contribution in [0.15, 0.2) is 55.2 Å². The van der Waals surface area contributed by atoms with Gasteiger partial charge in [-0.15, -0.1) is 0 Å². The maximum atomic E-state index is 12.4. The molecule has 0 aliphatic rings. The van der Waals surface area contributed by atoms with Crippen LogP contribution in [0.5, 0.6) is 5.75 Å². The van der Waals surface area contributed by atoms with E-state index in [1.807, 2.05) is 0 Å². The number of carbonyl (C=O) groups is 1. The van der Waals surface area contributed by atoms with Crippen molar-refractivity contribution in [2.75, 3.05) is 25.5 Å². The molecular weight excluding hydrogens is 356 g/mol. The van der Waals surface area contributed by atoms with E-state index in [2.05, 4.69) is 20.4 Å². The Morgan fingerprint density at radius 1 is 1.31 bits per heavy atom. The summed E-state index contributed by atoms with van der Waals surface area (Å²) in [5.41, 5.74) is 0.536. The van der Waals surface area contributed by atoms with Crippen molar-refractivity contribution in [3.05, 3.63) is 60.3 Å². The van der Waals surface area contributed by atoms with Gasteiger partial charge in [0.2, 0.25) is 0 Å². The second-order valence-corrected chi connectivity index (χ2v) is 5.81. The van der Waals surface area contributed by atoms with Gasteiger partial charge in [-0.2, -0.15) is 5.10 Å². The second-order valence-electron chi connectivity index (χ2n) is 5.37. The monoisotopic (exact) mass is 372 g/mol. The molecule has 0 unspecified atom stereocenters. The zero-order valence-electron chi connectivity index (χ0n) is 14.0. The second kappa shape index (κ2) is 8.30. The third kappa shape index (κ3) is 4.48. The quantitative estimate of drug-likeness (QED) is 0.719. The highest BCUT2D eigenvalue weighted by molar-refractivity contribution is 6.30. The highest BCUT2D eigenvalue weighted by atomic mass is 35.5. The van der Waals surface area contributed by atoms with Gasteiger partial charge >= 0.3 is 6.03 Å². The molecular formula is C17H17ClN6O2. The number of hydrogen-bond acceptors (Lipinski definition) is 5. The molecule has 2 heterocycles. The minimum Gasteiger partial charge on any atom is -0.492 e. The predicted octanol–water partition coefficient (Wildman–Crippen LogP) is 2.86. The van der Waals surface area contributed by atoms with E-state index in [0.29, 0.717) is 35.4 Å². The van der Waals surface area contributed by atoms with Crippen molar-refractivity contribution in [3.63, 3.8) is 0 Å². The molecule has 8 nitrogen and oxygen atoms in total. The van der Waals surface area contributed by atoms with Crippen LogP contribution in [0.1, 0.15) is 0 Å². The largest absolute Gasteiger partial charge is 0.492 e. The van der Waals surface area contributed by atoms with Gasteiger partial charge in [0, 0.05) is 18.3 Å². The topological polar surface area (TPSA) is 85.2 Å². The molecule has 3 rings (SSSR count). The highest BCUT2D eigenvalue weighted by Gasteiger charge is 2.13. The van der Waals surface area contributed by atoms with Crippen molar-refractivity contribution in [2.24, 2.45) is 0 Å². The van der Waals surface area contributed by atoms with E-state index in [0.717, 1.165) is 0 Å². The van der Waals surface area contributed by atoms with Crippen molar-refractivity contribution in [3.8, 4) is 11.6 Å². The van der Waals surface area contributed by atoms with E-state index in [-0.39, 0.29) is 6.03 Å². The molecule has 0 aliphatic heterocycles. The van der Waals surface area contributed by atoms with E-state index < -0.39 is 0 Å². The number of urea groups is 1. The summed E-state index contributed by atoms with van der Waals surface area (Å²) in [6.07, 6.45) is 4.54. The van der Waals surface area contributed by atoms with Gasteiger partial charge in [0.25, 0.3) is 0 Å². The van der Waals surface area contributed by atoms with E-state index >= 15 is 0 Å². The van der Waals surface area contributed by atoms with Crippen LogP contribution in [0, 0.1) is 0 Å². The minimum atomic E-state index is -0.279. The molecule has 9 heteroatoms. The van der Waals surface area contributed by atoms with Crippen LogP contribution in [-0.4, -0.2) is 50.9 Å². The molecule has 2 aromatic heterocycles. The first-order chi connectivity index (χ1) is 12.6. The van der Waals surface area contributed by atoms with Crippen molar-refractivity contribution in [1.29, 1.82) is 0 Å². The average Bonchev–Trinajstić information content (AvgIpc) is 3.18. The molecule has 3 aromatic rings. The third-order valence-electron chi connectivity index (χ3n) is 3.52. The Balaban J connectivity index is 1.55. The average molecular weight is 373 g/mol. The Morgan fingerprint density at radius 2 is 2.12 bits per heavy atom.